The standard InChI is InChI=1S/C19H21NO3/c1-3-14(2)15-9-11-17(12-10-15)20-18(21)13-23-19(22)16-7-5-4-6-8-16/h4-12,14H,3,13H2,1-2H3,(H,20,21)/t14-/m1/s1. The zero-order chi connectivity index (χ0) is 16.7. The van der Waals surface area contributed by atoms with Gasteiger partial charge in [-0.15, -0.1) is 0 Å². The minimum Gasteiger partial charge on any atom is -0.452 e. The van der Waals surface area contributed by atoms with Gasteiger partial charge in [0.2, 0.25) is 0 Å². The van der Waals surface area contributed by atoms with Gasteiger partial charge in [0, 0.05) is 5.69 Å². The average Bonchev–Trinajstić information content (AvgIpc) is 2.60. The maximum absolute atomic E-state index is 11.8. The van der Waals surface area contributed by atoms with Crippen LogP contribution in [-0.2, 0) is 9.53 Å². The van der Waals surface area contributed by atoms with Crippen LogP contribution in [0.4, 0.5) is 5.69 Å². The van der Waals surface area contributed by atoms with Crippen LogP contribution in [0.25, 0.3) is 0 Å². The Morgan fingerprint density at radius 3 is 2.30 bits per heavy atom. The molecule has 1 atom stereocenters. The van der Waals surface area contributed by atoms with Crippen molar-refractivity contribution in [1.29, 1.82) is 0 Å². The summed E-state index contributed by atoms with van der Waals surface area (Å²) in [5.74, 6) is -0.370. The lowest BCUT2D eigenvalue weighted by Gasteiger charge is -2.10. The van der Waals surface area contributed by atoms with Crippen molar-refractivity contribution in [3.05, 3.63) is 65.7 Å². The SMILES string of the molecule is CC[C@@H](C)c1ccc(NC(=O)COC(=O)c2ccccc2)cc1. The van der Waals surface area contributed by atoms with Crippen molar-refractivity contribution in [2.24, 2.45) is 0 Å². The molecule has 0 saturated carbocycles. The van der Waals surface area contributed by atoms with Crippen LogP contribution >= 0.6 is 0 Å². The van der Waals surface area contributed by atoms with Gasteiger partial charge >= 0.3 is 5.97 Å². The summed E-state index contributed by atoms with van der Waals surface area (Å²) < 4.78 is 4.99. The maximum atomic E-state index is 11.8. The summed E-state index contributed by atoms with van der Waals surface area (Å²) in [6, 6.07) is 16.3. The summed E-state index contributed by atoms with van der Waals surface area (Å²) in [6.07, 6.45) is 1.07. The minimum atomic E-state index is -0.507. The van der Waals surface area contributed by atoms with Gasteiger partial charge in [-0.3, -0.25) is 4.79 Å². The topological polar surface area (TPSA) is 55.4 Å². The number of nitrogens with one attached hydrogen (secondary N) is 1. The number of anilines is 1. The molecule has 2 aromatic carbocycles. The second-order valence-electron chi connectivity index (χ2n) is 5.42. The monoisotopic (exact) mass is 311 g/mol. The third-order valence-electron chi connectivity index (χ3n) is 3.72. The van der Waals surface area contributed by atoms with Crippen molar-refractivity contribution >= 4 is 17.6 Å². The van der Waals surface area contributed by atoms with Crippen LogP contribution in [0.15, 0.2) is 54.6 Å². The summed E-state index contributed by atoms with van der Waals surface area (Å²) in [5.41, 5.74) is 2.36. The molecule has 4 heteroatoms. The summed E-state index contributed by atoms with van der Waals surface area (Å²) >= 11 is 0. The molecule has 0 unspecified atom stereocenters. The lowest BCUT2D eigenvalue weighted by atomic mass is 9.99. The molecular weight excluding hydrogens is 290 g/mol. The molecule has 2 rings (SSSR count). The molecule has 120 valence electrons. The van der Waals surface area contributed by atoms with Crippen LogP contribution in [0, 0.1) is 0 Å². The molecule has 0 aliphatic carbocycles. The van der Waals surface area contributed by atoms with Gasteiger partial charge in [-0.05, 0) is 42.2 Å². The molecule has 4 nitrogen and oxygen atoms in total. The van der Waals surface area contributed by atoms with Crippen LogP contribution in [-0.4, -0.2) is 18.5 Å². The number of rotatable bonds is 6. The van der Waals surface area contributed by atoms with Gasteiger partial charge in [0.1, 0.15) is 0 Å². The maximum Gasteiger partial charge on any atom is 0.338 e. The number of hydrogen-bond acceptors (Lipinski definition) is 3. The van der Waals surface area contributed by atoms with E-state index in [4.69, 9.17) is 4.74 Å². The van der Waals surface area contributed by atoms with Crippen molar-refractivity contribution in [3.8, 4) is 0 Å². The molecule has 23 heavy (non-hydrogen) atoms. The van der Waals surface area contributed by atoms with E-state index in [2.05, 4.69) is 19.2 Å². The molecule has 0 saturated heterocycles. The summed E-state index contributed by atoms with van der Waals surface area (Å²) in [5, 5.41) is 2.72. The number of carbonyl (C=O) groups is 2. The first-order chi connectivity index (χ1) is 11.1. The lowest BCUT2D eigenvalue weighted by molar-refractivity contribution is -0.119. The van der Waals surface area contributed by atoms with Crippen molar-refractivity contribution in [3.63, 3.8) is 0 Å². The van der Waals surface area contributed by atoms with Crippen LogP contribution in [0.2, 0.25) is 0 Å². The van der Waals surface area contributed by atoms with Gasteiger partial charge < -0.3 is 10.1 Å². The first-order valence-corrected chi connectivity index (χ1v) is 7.72. The Morgan fingerprint density at radius 2 is 1.70 bits per heavy atom. The fourth-order valence-electron chi connectivity index (χ4n) is 2.12. The molecule has 1 N–H and O–H groups in total. The molecule has 1 amide bonds. The second kappa shape index (κ2) is 8.13. The number of carbonyl (C=O) groups excluding carboxylic acids is 2. The van der Waals surface area contributed by atoms with E-state index in [-0.39, 0.29) is 12.5 Å². The number of amides is 1. The van der Waals surface area contributed by atoms with E-state index >= 15 is 0 Å². The number of esters is 1. The van der Waals surface area contributed by atoms with E-state index in [1.54, 1.807) is 24.3 Å². The smallest absolute Gasteiger partial charge is 0.338 e. The first kappa shape index (κ1) is 16.7. The highest BCUT2D eigenvalue weighted by molar-refractivity contribution is 5.95. The van der Waals surface area contributed by atoms with Crippen molar-refractivity contribution in [2.75, 3.05) is 11.9 Å². The molecule has 0 bridgehead atoms. The van der Waals surface area contributed by atoms with Gasteiger partial charge in [-0.25, -0.2) is 4.79 Å². The van der Waals surface area contributed by atoms with Crippen molar-refractivity contribution < 1.29 is 14.3 Å². The van der Waals surface area contributed by atoms with Gasteiger partial charge in [0.05, 0.1) is 5.56 Å². The average molecular weight is 311 g/mol. The van der Waals surface area contributed by atoms with Crippen LogP contribution in [0.1, 0.15) is 42.1 Å². The highest BCUT2D eigenvalue weighted by atomic mass is 16.5. The van der Waals surface area contributed by atoms with E-state index < -0.39 is 5.97 Å². The zero-order valence-electron chi connectivity index (χ0n) is 13.4. The zero-order valence-corrected chi connectivity index (χ0v) is 13.4. The molecule has 0 aliphatic rings. The second-order valence-corrected chi connectivity index (χ2v) is 5.42. The molecular formula is C19H21NO3. The number of hydrogen-bond donors (Lipinski definition) is 1. The lowest BCUT2D eigenvalue weighted by Crippen LogP contribution is -2.20. The molecule has 0 aliphatic heterocycles. The fourth-order valence-corrected chi connectivity index (χ4v) is 2.12. The Labute approximate surface area is 136 Å². The van der Waals surface area contributed by atoms with Gasteiger partial charge in [0.15, 0.2) is 6.61 Å². The van der Waals surface area contributed by atoms with Crippen LogP contribution in [0.5, 0.6) is 0 Å². The van der Waals surface area contributed by atoms with Gasteiger partial charge in [-0.2, -0.15) is 0 Å². The van der Waals surface area contributed by atoms with E-state index in [1.807, 2.05) is 30.3 Å². The summed E-state index contributed by atoms with van der Waals surface area (Å²) in [6.45, 7) is 4.00. The molecule has 0 fully saturated rings. The number of ether oxygens (including phenoxy) is 1. The Kier molecular flexibility index (Phi) is 5.92. The minimum absolute atomic E-state index is 0.305. The molecule has 0 radical (unpaired) electrons. The fraction of sp³-hybridized carbons (Fsp3) is 0.263. The quantitative estimate of drug-likeness (QED) is 0.821. The van der Waals surface area contributed by atoms with Crippen LogP contribution < -0.4 is 5.32 Å². The molecule has 0 heterocycles. The summed E-state index contributed by atoms with van der Waals surface area (Å²) in [4.78, 5) is 23.6. The van der Waals surface area contributed by atoms with Crippen LogP contribution in [0.3, 0.4) is 0 Å². The first-order valence-electron chi connectivity index (χ1n) is 7.72. The largest absolute Gasteiger partial charge is 0.452 e. The van der Waals surface area contributed by atoms with Crippen molar-refractivity contribution in [1.82, 2.24) is 0 Å². The van der Waals surface area contributed by atoms with Gasteiger partial charge in [-0.1, -0.05) is 44.2 Å². The van der Waals surface area contributed by atoms with E-state index in [0.29, 0.717) is 17.2 Å². The highest BCUT2D eigenvalue weighted by Crippen LogP contribution is 2.20. The third kappa shape index (κ3) is 4.95. The van der Waals surface area contributed by atoms with Crippen molar-refractivity contribution in [2.45, 2.75) is 26.2 Å². The Morgan fingerprint density at radius 1 is 1.04 bits per heavy atom. The Balaban J connectivity index is 1.84. The van der Waals surface area contributed by atoms with E-state index in [9.17, 15) is 9.59 Å². The van der Waals surface area contributed by atoms with E-state index in [0.717, 1.165) is 6.42 Å². The predicted molar refractivity (Wildman–Crippen MR) is 90.5 cm³/mol. The molecule has 0 aromatic heterocycles. The van der Waals surface area contributed by atoms with Gasteiger partial charge in [0.25, 0.3) is 5.91 Å². The van der Waals surface area contributed by atoms with E-state index in [1.165, 1.54) is 5.56 Å². The number of benzene rings is 2. The molecule has 2 aromatic rings. The molecule has 0 spiro atoms. The predicted octanol–water partition coefficient (Wildman–Crippen LogP) is 4.00. The normalized spacial score (nSPS) is 11.6. The Bertz CT molecular complexity index is 650. The Hall–Kier alpha value is -2.62. The third-order valence-corrected chi connectivity index (χ3v) is 3.72. The highest BCUT2D eigenvalue weighted by Gasteiger charge is 2.10. The summed E-state index contributed by atoms with van der Waals surface area (Å²) in [7, 11) is 0.